The van der Waals surface area contributed by atoms with Crippen molar-refractivity contribution in [2.24, 2.45) is 5.10 Å². The summed E-state index contributed by atoms with van der Waals surface area (Å²) in [7, 11) is 1.58. The Hall–Kier alpha value is -2.93. The third kappa shape index (κ3) is 5.29. The lowest BCUT2D eigenvalue weighted by Gasteiger charge is -2.11. The van der Waals surface area contributed by atoms with Crippen LogP contribution in [0, 0.1) is 27.7 Å². The number of hydrogen-bond donors (Lipinski definition) is 2. The molecule has 0 aliphatic carbocycles. The molecule has 7 heteroatoms. The number of aromatic nitrogens is 1. The minimum absolute atomic E-state index is 0.376. The number of aryl methyl sites for hydroxylation is 3. The summed E-state index contributed by atoms with van der Waals surface area (Å²) in [5.41, 5.74) is 8.75. The first kappa shape index (κ1) is 21.4. The average molecular weight is 384 g/mol. The second-order valence-electron chi connectivity index (χ2n) is 6.73. The van der Waals surface area contributed by atoms with Gasteiger partial charge in [-0.3, -0.25) is 9.59 Å². The zero-order valence-corrected chi connectivity index (χ0v) is 17.1. The fraction of sp³-hybridized carbons (Fsp3) is 0.381. The number of nitrogens with zero attached hydrogens (tertiary/aromatic N) is 2. The van der Waals surface area contributed by atoms with Crippen LogP contribution < -0.4 is 10.7 Å². The zero-order valence-electron chi connectivity index (χ0n) is 17.1. The van der Waals surface area contributed by atoms with Crippen molar-refractivity contribution in [3.05, 3.63) is 52.3 Å². The lowest BCUT2D eigenvalue weighted by Crippen LogP contribution is -2.38. The summed E-state index contributed by atoms with van der Waals surface area (Å²) in [5, 5.41) is 6.44. The van der Waals surface area contributed by atoms with Gasteiger partial charge in [0, 0.05) is 42.9 Å². The van der Waals surface area contributed by atoms with Crippen LogP contribution in [0.5, 0.6) is 0 Å². The van der Waals surface area contributed by atoms with Gasteiger partial charge in [-0.05, 0) is 63.4 Å². The quantitative estimate of drug-likeness (QED) is 0.332. The number of carbonyl (C=O) groups is 2. The first-order valence-electron chi connectivity index (χ1n) is 9.22. The van der Waals surface area contributed by atoms with E-state index in [0.29, 0.717) is 19.6 Å². The Labute approximate surface area is 165 Å². The molecule has 0 bridgehead atoms. The molecule has 1 aromatic heterocycles. The van der Waals surface area contributed by atoms with E-state index in [1.54, 1.807) is 13.3 Å². The molecular formula is C21H28N4O3. The normalized spacial score (nSPS) is 11.0. The van der Waals surface area contributed by atoms with Crippen LogP contribution in [0.15, 0.2) is 29.4 Å². The van der Waals surface area contributed by atoms with Crippen molar-refractivity contribution in [1.82, 2.24) is 15.3 Å². The van der Waals surface area contributed by atoms with E-state index in [9.17, 15) is 9.59 Å². The maximum atomic E-state index is 11.8. The van der Waals surface area contributed by atoms with Crippen molar-refractivity contribution < 1.29 is 14.3 Å². The molecule has 1 aromatic carbocycles. The second kappa shape index (κ2) is 9.85. The Kier molecular flexibility index (Phi) is 7.52. The standard InChI is InChI=1S/C21H28N4O3/c1-14-7-8-19(11-15(14)2)25-16(3)12-18(17(25)4)13-23-24-21(27)20(26)22-9-6-10-28-5/h7-8,11-13H,6,9-10H2,1-5H3,(H,22,26)(H,24,27)/b23-13-. The molecule has 0 atom stereocenters. The Morgan fingerprint density at radius 2 is 1.86 bits per heavy atom. The molecule has 0 saturated heterocycles. The molecule has 7 nitrogen and oxygen atoms in total. The molecule has 0 aliphatic rings. The number of rotatable bonds is 7. The van der Waals surface area contributed by atoms with E-state index in [2.05, 4.69) is 52.5 Å². The van der Waals surface area contributed by atoms with E-state index in [1.165, 1.54) is 11.1 Å². The molecule has 2 rings (SSSR count). The van der Waals surface area contributed by atoms with Crippen LogP contribution in [-0.4, -0.2) is 42.9 Å². The predicted molar refractivity (Wildman–Crippen MR) is 110 cm³/mol. The monoisotopic (exact) mass is 384 g/mol. The highest BCUT2D eigenvalue weighted by Crippen LogP contribution is 2.21. The number of nitrogens with one attached hydrogen (secondary N) is 2. The largest absolute Gasteiger partial charge is 0.385 e. The zero-order chi connectivity index (χ0) is 20.7. The first-order chi connectivity index (χ1) is 13.3. The van der Waals surface area contributed by atoms with Crippen molar-refractivity contribution >= 4 is 18.0 Å². The van der Waals surface area contributed by atoms with E-state index in [1.807, 2.05) is 19.9 Å². The lowest BCUT2D eigenvalue weighted by atomic mass is 10.1. The maximum absolute atomic E-state index is 11.8. The third-order valence-electron chi connectivity index (χ3n) is 4.61. The van der Waals surface area contributed by atoms with Crippen LogP contribution in [0.25, 0.3) is 5.69 Å². The minimum atomic E-state index is -0.795. The molecule has 0 unspecified atom stereocenters. The molecular weight excluding hydrogens is 356 g/mol. The topological polar surface area (TPSA) is 84.7 Å². The molecule has 0 fully saturated rings. The van der Waals surface area contributed by atoms with E-state index < -0.39 is 11.8 Å². The van der Waals surface area contributed by atoms with Crippen LogP contribution in [-0.2, 0) is 14.3 Å². The highest BCUT2D eigenvalue weighted by atomic mass is 16.5. The average Bonchev–Trinajstić information content (AvgIpc) is 2.94. The van der Waals surface area contributed by atoms with Gasteiger partial charge >= 0.3 is 11.8 Å². The smallest absolute Gasteiger partial charge is 0.329 e. The molecule has 2 aromatic rings. The third-order valence-corrected chi connectivity index (χ3v) is 4.61. The van der Waals surface area contributed by atoms with Crippen LogP contribution in [0.1, 0.15) is 34.5 Å². The van der Waals surface area contributed by atoms with Gasteiger partial charge in [0.25, 0.3) is 0 Å². The fourth-order valence-corrected chi connectivity index (χ4v) is 2.89. The summed E-state index contributed by atoms with van der Waals surface area (Å²) < 4.78 is 7.02. The molecule has 0 saturated carbocycles. The van der Waals surface area contributed by atoms with Crippen LogP contribution >= 0.6 is 0 Å². The fourth-order valence-electron chi connectivity index (χ4n) is 2.89. The number of ether oxygens (including phenoxy) is 1. The van der Waals surface area contributed by atoms with Crippen molar-refractivity contribution in [3.8, 4) is 5.69 Å². The van der Waals surface area contributed by atoms with Crippen LogP contribution in [0.4, 0.5) is 0 Å². The van der Waals surface area contributed by atoms with E-state index in [-0.39, 0.29) is 0 Å². The van der Waals surface area contributed by atoms with E-state index in [0.717, 1.165) is 22.6 Å². The molecule has 150 valence electrons. The van der Waals surface area contributed by atoms with Crippen molar-refractivity contribution in [1.29, 1.82) is 0 Å². The Balaban J connectivity index is 2.04. The van der Waals surface area contributed by atoms with Gasteiger partial charge in [0.05, 0.1) is 6.21 Å². The Morgan fingerprint density at radius 3 is 2.54 bits per heavy atom. The number of hydrogen-bond acceptors (Lipinski definition) is 4. The second-order valence-corrected chi connectivity index (χ2v) is 6.73. The lowest BCUT2D eigenvalue weighted by molar-refractivity contribution is -0.139. The van der Waals surface area contributed by atoms with Gasteiger partial charge in [-0.2, -0.15) is 5.10 Å². The van der Waals surface area contributed by atoms with Gasteiger partial charge < -0.3 is 14.6 Å². The number of carbonyl (C=O) groups excluding carboxylic acids is 2. The van der Waals surface area contributed by atoms with E-state index >= 15 is 0 Å². The first-order valence-corrected chi connectivity index (χ1v) is 9.22. The SMILES string of the molecule is COCCCNC(=O)C(=O)N/N=C\c1cc(C)n(-c2ccc(C)c(C)c2)c1C. The highest BCUT2D eigenvalue weighted by Gasteiger charge is 2.13. The summed E-state index contributed by atoms with van der Waals surface area (Å²) >= 11 is 0. The molecule has 1 heterocycles. The summed E-state index contributed by atoms with van der Waals surface area (Å²) in [6, 6.07) is 8.32. The van der Waals surface area contributed by atoms with Crippen LogP contribution in [0.2, 0.25) is 0 Å². The van der Waals surface area contributed by atoms with Crippen molar-refractivity contribution in [2.75, 3.05) is 20.3 Å². The predicted octanol–water partition coefficient (Wildman–Crippen LogP) is 2.31. The van der Waals surface area contributed by atoms with Crippen molar-refractivity contribution in [2.45, 2.75) is 34.1 Å². The molecule has 0 aliphatic heterocycles. The summed E-state index contributed by atoms with van der Waals surface area (Å²) in [6.07, 6.45) is 2.19. The molecule has 2 N–H and O–H groups in total. The Morgan fingerprint density at radius 1 is 1.11 bits per heavy atom. The molecule has 0 radical (unpaired) electrons. The number of methoxy groups -OCH3 is 1. The van der Waals surface area contributed by atoms with Gasteiger partial charge in [-0.15, -0.1) is 0 Å². The van der Waals surface area contributed by atoms with Crippen LogP contribution in [0.3, 0.4) is 0 Å². The minimum Gasteiger partial charge on any atom is -0.385 e. The van der Waals surface area contributed by atoms with Gasteiger partial charge in [-0.1, -0.05) is 6.07 Å². The van der Waals surface area contributed by atoms with Gasteiger partial charge in [0.2, 0.25) is 0 Å². The van der Waals surface area contributed by atoms with Crippen molar-refractivity contribution in [3.63, 3.8) is 0 Å². The number of hydrazone groups is 1. The maximum Gasteiger partial charge on any atom is 0.329 e. The molecule has 28 heavy (non-hydrogen) atoms. The van der Waals surface area contributed by atoms with Gasteiger partial charge in [0.15, 0.2) is 0 Å². The van der Waals surface area contributed by atoms with Gasteiger partial charge in [-0.25, -0.2) is 5.43 Å². The highest BCUT2D eigenvalue weighted by molar-refractivity contribution is 6.35. The summed E-state index contributed by atoms with van der Waals surface area (Å²) in [6.45, 7) is 9.09. The Bertz CT molecular complexity index is 884. The summed E-state index contributed by atoms with van der Waals surface area (Å²) in [4.78, 5) is 23.4. The summed E-state index contributed by atoms with van der Waals surface area (Å²) in [5.74, 6) is -1.51. The molecule has 2 amide bonds. The number of benzene rings is 1. The van der Waals surface area contributed by atoms with Gasteiger partial charge in [0.1, 0.15) is 0 Å². The number of amides is 2. The van der Waals surface area contributed by atoms with E-state index in [4.69, 9.17) is 4.74 Å². The molecule has 0 spiro atoms.